The average Bonchev–Trinajstić information content (AvgIpc) is 2.56. The van der Waals surface area contributed by atoms with Gasteiger partial charge in [-0.15, -0.1) is 11.6 Å². The molecule has 0 fully saturated rings. The van der Waals surface area contributed by atoms with Crippen LogP contribution in [0.15, 0.2) is 24.3 Å². The van der Waals surface area contributed by atoms with Crippen molar-refractivity contribution >= 4 is 29.3 Å². The van der Waals surface area contributed by atoms with Crippen LogP contribution in [-0.4, -0.2) is 46.7 Å². The van der Waals surface area contributed by atoms with Gasteiger partial charge in [0, 0.05) is 12.4 Å². The van der Waals surface area contributed by atoms with Crippen LogP contribution in [-0.2, 0) is 20.9 Å². The zero-order valence-electron chi connectivity index (χ0n) is 14.0. The summed E-state index contributed by atoms with van der Waals surface area (Å²) < 4.78 is 5.07. The Labute approximate surface area is 146 Å². The lowest BCUT2D eigenvalue weighted by Crippen LogP contribution is -2.47. The molecule has 0 spiro atoms. The highest BCUT2D eigenvalue weighted by Gasteiger charge is 2.33. The van der Waals surface area contributed by atoms with Crippen LogP contribution in [0.1, 0.15) is 25.8 Å². The molecule has 1 amide bonds. The van der Waals surface area contributed by atoms with Crippen LogP contribution in [0.5, 0.6) is 5.75 Å². The molecule has 1 rings (SSSR count). The number of benzene rings is 1. The Kier molecular flexibility index (Phi) is 7.71. The number of hydrogen-bond acceptors (Lipinski definition) is 4. The van der Waals surface area contributed by atoms with Gasteiger partial charge in [-0.05, 0) is 38.0 Å². The quantitative estimate of drug-likeness (QED) is 0.543. The molecule has 1 unspecified atom stereocenters. The number of carbonyl (C=O) groups excluding carboxylic acids is 2. The lowest BCUT2D eigenvalue weighted by atomic mass is 9.99. The van der Waals surface area contributed by atoms with E-state index in [1.165, 1.54) is 18.7 Å². The predicted octanol–water partition coefficient (Wildman–Crippen LogP) is 2.33. The Hall–Kier alpha value is -2.08. The lowest BCUT2D eigenvalue weighted by molar-refractivity contribution is -0.153. The third kappa shape index (κ3) is 5.23. The molecule has 7 heteroatoms. The van der Waals surface area contributed by atoms with Crippen molar-refractivity contribution in [3.05, 3.63) is 29.8 Å². The highest BCUT2D eigenvalue weighted by atomic mass is 35.5. The maximum absolute atomic E-state index is 12.7. The number of carbonyl (C=O) groups is 3. The Morgan fingerprint density at radius 3 is 2.25 bits per heavy atom. The van der Waals surface area contributed by atoms with E-state index in [0.717, 1.165) is 5.56 Å². The summed E-state index contributed by atoms with van der Waals surface area (Å²) in [6.45, 7) is 2.82. The number of aliphatic carboxylic acids is 1. The summed E-state index contributed by atoms with van der Waals surface area (Å²) in [6.07, 6.45) is 0.182. The third-order valence-electron chi connectivity index (χ3n) is 3.81. The van der Waals surface area contributed by atoms with Crippen LogP contribution in [0.25, 0.3) is 0 Å². The molecule has 6 nitrogen and oxygen atoms in total. The number of Topliss-reactive ketones (excluding diaryl/α,β-unsaturated/α-hetero) is 1. The van der Waals surface area contributed by atoms with Crippen LogP contribution < -0.4 is 4.74 Å². The molecule has 24 heavy (non-hydrogen) atoms. The molecule has 1 aromatic carbocycles. The topological polar surface area (TPSA) is 83.9 Å². The molecular weight excluding hydrogens is 334 g/mol. The van der Waals surface area contributed by atoms with Crippen molar-refractivity contribution in [2.24, 2.45) is 5.92 Å². The number of alkyl halides is 1. The zero-order chi connectivity index (χ0) is 18.3. The number of ketones is 1. The van der Waals surface area contributed by atoms with Crippen LogP contribution in [0.3, 0.4) is 0 Å². The number of halogens is 1. The van der Waals surface area contributed by atoms with Gasteiger partial charge in [-0.2, -0.15) is 0 Å². The first kappa shape index (κ1) is 20.0. The van der Waals surface area contributed by atoms with Gasteiger partial charge in [0.1, 0.15) is 17.6 Å². The van der Waals surface area contributed by atoms with Crippen molar-refractivity contribution in [3.63, 3.8) is 0 Å². The first-order valence-electron chi connectivity index (χ1n) is 7.54. The van der Waals surface area contributed by atoms with Crippen molar-refractivity contribution in [1.82, 2.24) is 4.90 Å². The molecule has 0 saturated carbocycles. The van der Waals surface area contributed by atoms with Crippen LogP contribution in [0.2, 0.25) is 0 Å². The van der Waals surface area contributed by atoms with E-state index in [-0.39, 0.29) is 24.6 Å². The zero-order valence-corrected chi connectivity index (χ0v) is 14.7. The molecule has 1 N–H and O–H groups in total. The Morgan fingerprint density at radius 1 is 1.25 bits per heavy atom. The molecule has 1 aromatic rings. The SMILES string of the molecule is COc1ccc(CN(C(=O)[C@H](CCCl)C(C)=O)C(C)C(=O)O)cc1. The van der Waals surface area contributed by atoms with Gasteiger partial charge in [0.2, 0.25) is 5.91 Å². The Morgan fingerprint density at radius 2 is 1.83 bits per heavy atom. The largest absolute Gasteiger partial charge is 0.497 e. The Bertz CT molecular complexity index is 587. The minimum absolute atomic E-state index is 0.0857. The molecule has 0 radical (unpaired) electrons. The van der Waals surface area contributed by atoms with Crippen LogP contribution >= 0.6 is 11.6 Å². The maximum atomic E-state index is 12.7. The van der Waals surface area contributed by atoms with Gasteiger partial charge in [0.05, 0.1) is 13.0 Å². The van der Waals surface area contributed by atoms with Gasteiger partial charge in [-0.25, -0.2) is 4.79 Å². The number of nitrogens with zero attached hydrogens (tertiary/aromatic N) is 1. The number of carboxylic acids is 1. The van der Waals surface area contributed by atoms with Crippen molar-refractivity contribution < 1.29 is 24.2 Å². The number of hydrogen-bond donors (Lipinski definition) is 1. The number of ether oxygens (including phenoxy) is 1. The molecule has 2 atom stereocenters. The van der Waals surface area contributed by atoms with E-state index in [1.54, 1.807) is 31.4 Å². The predicted molar refractivity (Wildman–Crippen MR) is 90.1 cm³/mol. The summed E-state index contributed by atoms with van der Waals surface area (Å²) in [6, 6.07) is 5.89. The second-order valence-corrected chi connectivity index (χ2v) is 5.85. The van der Waals surface area contributed by atoms with E-state index in [4.69, 9.17) is 16.3 Å². The first-order valence-corrected chi connectivity index (χ1v) is 8.07. The van der Waals surface area contributed by atoms with E-state index in [0.29, 0.717) is 5.75 Å². The second kappa shape index (κ2) is 9.27. The molecular formula is C17H22ClNO5. The second-order valence-electron chi connectivity index (χ2n) is 5.47. The summed E-state index contributed by atoms with van der Waals surface area (Å²) in [5.74, 6) is -2.10. The fourth-order valence-electron chi connectivity index (χ4n) is 2.28. The van der Waals surface area contributed by atoms with Gasteiger partial charge < -0.3 is 14.7 Å². The van der Waals surface area contributed by atoms with E-state index >= 15 is 0 Å². The van der Waals surface area contributed by atoms with Gasteiger partial charge in [-0.1, -0.05) is 12.1 Å². The summed E-state index contributed by atoms with van der Waals surface area (Å²) in [5, 5.41) is 9.29. The maximum Gasteiger partial charge on any atom is 0.326 e. The standard InChI is InChI=1S/C17H22ClNO5/c1-11(17(22)23)19(16(21)15(8-9-18)12(2)20)10-13-4-6-14(24-3)7-5-13/h4-7,11,15H,8-10H2,1-3H3,(H,22,23)/t11?,15-/m1/s1. The van der Waals surface area contributed by atoms with Crippen molar-refractivity contribution in [2.75, 3.05) is 13.0 Å². The molecule has 0 bridgehead atoms. The van der Waals surface area contributed by atoms with Crippen LogP contribution in [0.4, 0.5) is 0 Å². The summed E-state index contributed by atoms with van der Waals surface area (Å²) in [5.41, 5.74) is 0.741. The smallest absolute Gasteiger partial charge is 0.326 e. The summed E-state index contributed by atoms with van der Waals surface area (Å²) in [4.78, 5) is 37.0. The number of carboxylic acid groups (broad SMARTS) is 1. The summed E-state index contributed by atoms with van der Waals surface area (Å²) >= 11 is 5.67. The lowest BCUT2D eigenvalue weighted by Gasteiger charge is -2.29. The van der Waals surface area contributed by atoms with Gasteiger partial charge in [0.15, 0.2) is 0 Å². The van der Waals surface area contributed by atoms with Gasteiger partial charge in [0.25, 0.3) is 0 Å². The third-order valence-corrected chi connectivity index (χ3v) is 4.02. The molecule has 132 valence electrons. The van der Waals surface area contributed by atoms with Crippen molar-refractivity contribution in [1.29, 1.82) is 0 Å². The molecule has 0 aliphatic carbocycles. The van der Waals surface area contributed by atoms with E-state index in [1.807, 2.05) is 0 Å². The molecule has 0 aliphatic heterocycles. The number of rotatable bonds is 9. The van der Waals surface area contributed by atoms with Crippen molar-refractivity contribution in [3.8, 4) is 5.75 Å². The van der Waals surface area contributed by atoms with E-state index in [9.17, 15) is 19.5 Å². The first-order chi connectivity index (χ1) is 11.3. The van der Waals surface area contributed by atoms with Gasteiger partial charge in [-0.3, -0.25) is 9.59 Å². The average molecular weight is 356 g/mol. The minimum atomic E-state index is -1.13. The molecule has 0 heterocycles. The van der Waals surface area contributed by atoms with Gasteiger partial charge >= 0.3 is 5.97 Å². The normalized spacial score (nSPS) is 13.0. The monoisotopic (exact) mass is 355 g/mol. The fourth-order valence-corrected chi connectivity index (χ4v) is 2.49. The van der Waals surface area contributed by atoms with Crippen molar-refractivity contribution in [2.45, 2.75) is 32.9 Å². The number of amides is 1. The highest BCUT2D eigenvalue weighted by Crippen LogP contribution is 2.19. The van der Waals surface area contributed by atoms with E-state index < -0.39 is 23.8 Å². The Balaban J connectivity index is 3.08. The highest BCUT2D eigenvalue weighted by molar-refractivity contribution is 6.18. The molecule has 0 aromatic heterocycles. The van der Waals surface area contributed by atoms with E-state index in [2.05, 4.69) is 0 Å². The molecule has 0 aliphatic rings. The number of methoxy groups -OCH3 is 1. The molecule has 0 saturated heterocycles. The van der Waals surface area contributed by atoms with Crippen LogP contribution in [0, 0.1) is 5.92 Å². The summed E-state index contributed by atoms with van der Waals surface area (Å²) in [7, 11) is 1.54. The fraction of sp³-hybridized carbons (Fsp3) is 0.471. The minimum Gasteiger partial charge on any atom is -0.497 e.